The van der Waals surface area contributed by atoms with Gasteiger partial charge < -0.3 is 16.0 Å². The highest BCUT2D eigenvalue weighted by Gasteiger charge is 2.16. The third-order valence-electron chi connectivity index (χ3n) is 5.50. The van der Waals surface area contributed by atoms with Gasteiger partial charge in [-0.3, -0.25) is 19.5 Å². The Hall–Kier alpha value is -3.03. The summed E-state index contributed by atoms with van der Waals surface area (Å²) in [5.74, 6) is -0.396. The minimum atomic E-state index is -0.396. The van der Waals surface area contributed by atoms with Gasteiger partial charge in [-0.1, -0.05) is 24.6 Å². The van der Waals surface area contributed by atoms with Crippen LogP contribution in [0.1, 0.15) is 40.9 Å². The number of aromatic amines is 1. The standard InChI is InChI=1S/C23H27N5O2/c24-18-6-3-4-10-28(14-18)15-19-8-9-20(23(30)27-19)22(29)26-13-16-11-17-5-1-2-7-21(17)25-12-16/h1-2,5,7-9,11-12,18H,3-4,6,10,13-15,24H2,(H,26,29)(H,27,30). The van der Waals surface area contributed by atoms with Gasteiger partial charge in [-0.05, 0) is 49.2 Å². The molecule has 30 heavy (non-hydrogen) atoms. The average Bonchev–Trinajstić information content (AvgIpc) is 2.95. The summed E-state index contributed by atoms with van der Waals surface area (Å²) in [4.78, 5) is 34.5. The molecule has 1 aromatic carbocycles. The molecule has 1 fully saturated rings. The number of pyridine rings is 2. The maximum atomic E-state index is 12.5. The van der Waals surface area contributed by atoms with Crippen LogP contribution in [0.25, 0.3) is 10.9 Å². The predicted octanol–water partition coefficient (Wildman–Crippen LogP) is 2.17. The third kappa shape index (κ3) is 4.93. The van der Waals surface area contributed by atoms with Crippen molar-refractivity contribution in [1.29, 1.82) is 0 Å². The van der Waals surface area contributed by atoms with Crippen LogP contribution in [0.5, 0.6) is 0 Å². The smallest absolute Gasteiger partial charge is 0.261 e. The first-order valence-electron chi connectivity index (χ1n) is 10.4. The topological polar surface area (TPSA) is 104 Å². The van der Waals surface area contributed by atoms with E-state index in [4.69, 9.17) is 5.73 Å². The normalized spacial score (nSPS) is 17.6. The Morgan fingerprint density at radius 2 is 2.10 bits per heavy atom. The monoisotopic (exact) mass is 405 g/mol. The lowest BCUT2D eigenvalue weighted by atomic mass is 10.1. The molecule has 0 saturated carbocycles. The average molecular weight is 406 g/mol. The molecule has 2 aromatic heterocycles. The van der Waals surface area contributed by atoms with Gasteiger partial charge in [0, 0.05) is 43.0 Å². The molecule has 1 aliphatic rings. The summed E-state index contributed by atoms with van der Waals surface area (Å²) in [7, 11) is 0. The Bertz CT molecular complexity index is 1090. The Labute approximate surface area is 175 Å². The van der Waals surface area contributed by atoms with Gasteiger partial charge in [0.25, 0.3) is 11.5 Å². The molecule has 1 aliphatic heterocycles. The summed E-state index contributed by atoms with van der Waals surface area (Å²) in [5, 5.41) is 3.82. The van der Waals surface area contributed by atoms with E-state index in [0.717, 1.165) is 54.5 Å². The number of likely N-dealkylation sites (tertiary alicyclic amines) is 1. The van der Waals surface area contributed by atoms with Gasteiger partial charge in [0.15, 0.2) is 0 Å². The molecule has 3 aromatic rings. The molecule has 156 valence electrons. The van der Waals surface area contributed by atoms with Crippen LogP contribution in [0.3, 0.4) is 0 Å². The van der Waals surface area contributed by atoms with Crippen molar-refractivity contribution in [3.63, 3.8) is 0 Å². The molecule has 0 spiro atoms. The Morgan fingerprint density at radius 1 is 1.23 bits per heavy atom. The molecule has 0 aliphatic carbocycles. The van der Waals surface area contributed by atoms with E-state index in [1.54, 1.807) is 12.3 Å². The lowest BCUT2D eigenvalue weighted by molar-refractivity contribution is 0.0949. The molecule has 1 atom stereocenters. The van der Waals surface area contributed by atoms with Crippen LogP contribution in [-0.2, 0) is 13.1 Å². The summed E-state index contributed by atoms with van der Waals surface area (Å²) < 4.78 is 0. The van der Waals surface area contributed by atoms with E-state index in [-0.39, 0.29) is 17.2 Å². The second-order valence-corrected chi connectivity index (χ2v) is 7.94. The van der Waals surface area contributed by atoms with Crippen molar-refractivity contribution in [2.75, 3.05) is 13.1 Å². The largest absolute Gasteiger partial charge is 0.348 e. The van der Waals surface area contributed by atoms with Crippen LogP contribution in [0.2, 0.25) is 0 Å². The number of para-hydroxylation sites is 1. The van der Waals surface area contributed by atoms with Gasteiger partial charge >= 0.3 is 0 Å². The fraction of sp³-hybridized carbons (Fsp3) is 0.348. The van der Waals surface area contributed by atoms with Crippen molar-refractivity contribution in [2.45, 2.75) is 38.4 Å². The first-order chi connectivity index (χ1) is 14.6. The number of carbonyl (C=O) groups excluding carboxylic acids is 1. The number of benzene rings is 1. The molecule has 7 nitrogen and oxygen atoms in total. The lowest BCUT2D eigenvalue weighted by Crippen LogP contribution is -2.36. The number of hydrogen-bond donors (Lipinski definition) is 3. The number of H-pyrrole nitrogens is 1. The highest BCUT2D eigenvalue weighted by molar-refractivity contribution is 5.93. The number of nitrogens with zero attached hydrogens (tertiary/aromatic N) is 2. The van der Waals surface area contributed by atoms with Crippen molar-refractivity contribution < 1.29 is 4.79 Å². The first kappa shape index (κ1) is 20.3. The van der Waals surface area contributed by atoms with E-state index in [2.05, 4.69) is 20.2 Å². The van der Waals surface area contributed by atoms with E-state index in [1.165, 1.54) is 0 Å². The molecule has 1 saturated heterocycles. The summed E-state index contributed by atoms with van der Waals surface area (Å²) in [5.41, 5.74) is 8.44. The van der Waals surface area contributed by atoms with Crippen LogP contribution in [-0.4, -0.2) is 39.9 Å². The van der Waals surface area contributed by atoms with Crippen molar-refractivity contribution in [2.24, 2.45) is 5.73 Å². The van der Waals surface area contributed by atoms with Gasteiger partial charge in [0.2, 0.25) is 0 Å². The number of carbonyl (C=O) groups is 1. The zero-order valence-corrected chi connectivity index (χ0v) is 16.9. The first-order valence-corrected chi connectivity index (χ1v) is 10.4. The van der Waals surface area contributed by atoms with Gasteiger partial charge in [-0.25, -0.2) is 0 Å². The third-order valence-corrected chi connectivity index (χ3v) is 5.50. The van der Waals surface area contributed by atoms with Gasteiger partial charge in [-0.15, -0.1) is 0 Å². The number of nitrogens with one attached hydrogen (secondary N) is 2. The quantitative estimate of drug-likeness (QED) is 0.603. The number of aromatic nitrogens is 2. The second kappa shape index (κ2) is 9.19. The Balaban J connectivity index is 1.39. The van der Waals surface area contributed by atoms with E-state index in [9.17, 15) is 9.59 Å². The van der Waals surface area contributed by atoms with Crippen LogP contribution < -0.4 is 16.6 Å². The zero-order chi connectivity index (χ0) is 20.9. The summed E-state index contributed by atoms with van der Waals surface area (Å²) in [6.45, 7) is 2.74. The summed E-state index contributed by atoms with van der Waals surface area (Å²) in [6, 6.07) is 13.4. The molecule has 1 unspecified atom stereocenters. The van der Waals surface area contributed by atoms with Crippen LogP contribution in [0.4, 0.5) is 0 Å². The molecule has 4 rings (SSSR count). The van der Waals surface area contributed by atoms with Crippen molar-refractivity contribution in [3.05, 3.63) is 75.8 Å². The van der Waals surface area contributed by atoms with E-state index in [0.29, 0.717) is 13.1 Å². The molecular formula is C23H27N5O2. The van der Waals surface area contributed by atoms with E-state index < -0.39 is 5.91 Å². The molecular weight excluding hydrogens is 378 g/mol. The summed E-state index contributed by atoms with van der Waals surface area (Å²) in [6.07, 6.45) is 5.03. The number of rotatable bonds is 5. The number of nitrogens with two attached hydrogens (primary N) is 1. The minimum Gasteiger partial charge on any atom is -0.348 e. The van der Waals surface area contributed by atoms with Crippen LogP contribution in [0.15, 0.2) is 53.5 Å². The fourth-order valence-electron chi connectivity index (χ4n) is 3.92. The fourth-order valence-corrected chi connectivity index (χ4v) is 3.92. The van der Waals surface area contributed by atoms with Gasteiger partial charge in [-0.2, -0.15) is 0 Å². The van der Waals surface area contributed by atoms with E-state index >= 15 is 0 Å². The van der Waals surface area contributed by atoms with Crippen LogP contribution in [0, 0.1) is 0 Å². The molecule has 0 radical (unpaired) electrons. The lowest BCUT2D eigenvalue weighted by Gasteiger charge is -2.22. The predicted molar refractivity (Wildman–Crippen MR) is 117 cm³/mol. The van der Waals surface area contributed by atoms with Crippen molar-refractivity contribution in [1.82, 2.24) is 20.2 Å². The minimum absolute atomic E-state index is 0.111. The number of amides is 1. The van der Waals surface area contributed by atoms with Gasteiger partial charge in [0.05, 0.1) is 5.52 Å². The highest BCUT2D eigenvalue weighted by atomic mass is 16.2. The molecule has 7 heteroatoms. The van der Waals surface area contributed by atoms with Crippen molar-refractivity contribution in [3.8, 4) is 0 Å². The number of fused-ring (bicyclic) bond motifs is 1. The van der Waals surface area contributed by atoms with E-state index in [1.807, 2.05) is 36.4 Å². The maximum absolute atomic E-state index is 12.5. The SMILES string of the molecule is NC1CCCCN(Cc2ccc(C(=O)NCc3cnc4ccccc4c3)c(=O)[nH]2)C1. The molecule has 0 bridgehead atoms. The highest BCUT2D eigenvalue weighted by Crippen LogP contribution is 2.13. The Morgan fingerprint density at radius 3 is 2.97 bits per heavy atom. The Kier molecular flexibility index (Phi) is 6.21. The molecule has 3 heterocycles. The zero-order valence-electron chi connectivity index (χ0n) is 16.9. The number of hydrogen-bond acceptors (Lipinski definition) is 5. The summed E-state index contributed by atoms with van der Waals surface area (Å²) >= 11 is 0. The maximum Gasteiger partial charge on any atom is 0.261 e. The van der Waals surface area contributed by atoms with Crippen LogP contribution >= 0.6 is 0 Å². The van der Waals surface area contributed by atoms with Gasteiger partial charge in [0.1, 0.15) is 5.56 Å². The second-order valence-electron chi connectivity index (χ2n) is 7.94. The molecule has 1 amide bonds. The molecule has 4 N–H and O–H groups in total. The van der Waals surface area contributed by atoms with Crippen molar-refractivity contribution >= 4 is 16.8 Å².